The Hall–Kier alpha value is -2.73. The topological polar surface area (TPSA) is 38.3 Å². The van der Waals surface area contributed by atoms with Crippen molar-refractivity contribution in [2.45, 2.75) is 32.8 Å². The van der Waals surface area contributed by atoms with Gasteiger partial charge in [-0.25, -0.2) is 8.78 Å². The summed E-state index contributed by atoms with van der Waals surface area (Å²) in [6.45, 7) is 6.79. The number of benzene rings is 2. The first-order valence-corrected chi connectivity index (χ1v) is 9.68. The van der Waals surface area contributed by atoms with Crippen LogP contribution < -0.4 is 10.1 Å². The van der Waals surface area contributed by atoms with Gasteiger partial charge in [-0.1, -0.05) is 45.0 Å². The number of rotatable bonds is 5. The molecule has 0 unspecified atom stereocenters. The predicted octanol–water partition coefficient (Wildman–Crippen LogP) is 6.16. The van der Waals surface area contributed by atoms with Gasteiger partial charge in [-0.15, -0.1) is 11.3 Å². The normalized spacial score (nSPS) is 11.3. The number of ether oxygens (including phenoxy) is 1. The molecule has 2 aromatic carbocycles. The molecule has 6 heteroatoms. The van der Waals surface area contributed by atoms with Crippen LogP contribution in [0.5, 0.6) is 5.75 Å². The Morgan fingerprint density at radius 1 is 1.04 bits per heavy atom. The van der Waals surface area contributed by atoms with E-state index in [-0.39, 0.29) is 11.1 Å². The monoisotopic (exact) mass is 401 g/mol. The van der Waals surface area contributed by atoms with E-state index < -0.39 is 17.5 Å². The zero-order valence-corrected chi connectivity index (χ0v) is 16.7. The van der Waals surface area contributed by atoms with Crippen molar-refractivity contribution in [3.8, 4) is 5.75 Å². The van der Waals surface area contributed by atoms with Gasteiger partial charge in [0.2, 0.25) is 0 Å². The largest absolute Gasteiger partial charge is 0.487 e. The molecule has 28 heavy (non-hydrogen) atoms. The summed E-state index contributed by atoms with van der Waals surface area (Å²) >= 11 is 1.22. The Balaban J connectivity index is 1.66. The third-order valence-corrected chi connectivity index (χ3v) is 5.12. The summed E-state index contributed by atoms with van der Waals surface area (Å²) in [4.78, 5) is 12.8. The van der Waals surface area contributed by atoms with Gasteiger partial charge < -0.3 is 10.1 Å². The summed E-state index contributed by atoms with van der Waals surface area (Å²) in [5, 5.41) is 4.31. The van der Waals surface area contributed by atoms with E-state index in [0.29, 0.717) is 17.2 Å². The summed E-state index contributed by atoms with van der Waals surface area (Å²) in [5.41, 5.74) is 2.49. The average Bonchev–Trinajstić information content (AvgIpc) is 3.11. The minimum Gasteiger partial charge on any atom is -0.487 e. The lowest BCUT2D eigenvalue weighted by Crippen LogP contribution is -2.12. The second kappa shape index (κ2) is 8.10. The highest BCUT2D eigenvalue weighted by molar-refractivity contribution is 7.12. The molecule has 0 aliphatic carbocycles. The van der Waals surface area contributed by atoms with Crippen molar-refractivity contribution < 1.29 is 18.3 Å². The maximum atomic E-state index is 13.3. The van der Waals surface area contributed by atoms with Crippen LogP contribution in [0.3, 0.4) is 0 Å². The van der Waals surface area contributed by atoms with Crippen molar-refractivity contribution in [3.63, 3.8) is 0 Å². The molecule has 0 bridgehead atoms. The first-order valence-electron chi connectivity index (χ1n) is 8.80. The number of anilines is 1. The van der Waals surface area contributed by atoms with E-state index in [1.165, 1.54) is 23.0 Å². The second-order valence-corrected chi connectivity index (χ2v) is 8.35. The molecule has 0 saturated heterocycles. The van der Waals surface area contributed by atoms with E-state index in [1.54, 1.807) is 11.4 Å². The van der Waals surface area contributed by atoms with Crippen molar-refractivity contribution in [1.29, 1.82) is 0 Å². The summed E-state index contributed by atoms with van der Waals surface area (Å²) in [6, 6.07) is 13.1. The fraction of sp³-hybridized carbons (Fsp3) is 0.227. The molecule has 0 saturated carbocycles. The minimum atomic E-state index is -1.01. The molecule has 3 nitrogen and oxygen atoms in total. The number of hydrogen-bond donors (Lipinski definition) is 1. The van der Waals surface area contributed by atoms with E-state index in [0.717, 1.165) is 17.7 Å². The first kappa shape index (κ1) is 20.0. The van der Waals surface area contributed by atoms with Gasteiger partial charge in [-0.2, -0.15) is 0 Å². The van der Waals surface area contributed by atoms with Gasteiger partial charge in [-0.05, 0) is 40.1 Å². The molecule has 3 rings (SSSR count). The third kappa shape index (κ3) is 4.75. The molecule has 1 amide bonds. The van der Waals surface area contributed by atoms with Gasteiger partial charge in [0.25, 0.3) is 5.91 Å². The number of carbonyl (C=O) groups is 1. The van der Waals surface area contributed by atoms with E-state index in [9.17, 15) is 13.6 Å². The molecular formula is C22H21F2NO2S. The highest BCUT2D eigenvalue weighted by Gasteiger charge is 2.16. The second-order valence-electron chi connectivity index (χ2n) is 7.43. The first-order chi connectivity index (χ1) is 13.2. The number of amides is 1. The Bertz CT molecular complexity index is 975. The molecule has 1 heterocycles. The van der Waals surface area contributed by atoms with Gasteiger partial charge in [0.1, 0.15) is 17.2 Å². The zero-order chi connectivity index (χ0) is 20.3. The molecule has 0 fully saturated rings. The number of carbonyl (C=O) groups excluding carboxylic acids is 1. The Morgan fingerprint density at radius 3 is 2.39 bits per heavy atom. The van der Waals surface area contributed by atoms with Crippen LogP contribution in [0.1, 0.15) is 41.6 Å². The molecule has 146 valence electrons. The van der Waals surface area contributed by atoms with Crippen LogP contribution in [0.4, 0.5) is 14.5 Å². The maximum Gasteiger partial charge on any atom is 0.269 e. The molecule has 0 spiro atoms. The van der Waals surface area contributed by atoms with Crippen LogP contribution in [-0.4, -0.2) is 5.91 Å². The quantitative estimate of drug-likeness (QED) is 0.556. The predicted molar refractivity (Wildman–Crippen MR) is 108 cm³/mol. The van der Waals surface area contributed by atoms with E-state index in [2.05, 4.69) is 38.2 Å². The molecule has 3 aromatic rings. The van der Waals surface area contributed by atoms with Crippen LogP contribution in [-0.2, 0) is 12.0 Å². The van der Waals surface area contributed by atoms with Gasteiger partial charge in [0.15, 0.2) is 11.6 Å². The molecule has 0 aliphatic heterocycles. The smallest absolute Gasteiger partial charge is 0.269 e. The number of nitrogens with one attached hydrogen (secondary N) is 1. The average molecular weight is 401 g/mol. The van der Waals surface area contributed by atoms with Crippen molar-refractivity contribution in [3.05, 3.63) is 81.5 Å². The van der Waals surface area contributed by atoms with Gasteiger partial charge in [-0.3, -0.25) is 4.79 Å². The molecule has 0 aliphatic rings. The van der Waals surface area contributed by atoms with Crippen LogP contribution in [0, 0.1) is 11.6 Å². The van der Waals surface area contributed by atoms with Gasteiger partial charge in [0, 0.05) is 11.8 Å². The van der Waals surface area contributed by atoms with Crippen molar-refractivity contribution in [1.82, 2.24) is 0 Å². The lowest BCUT2D eigenvalue weighted by atomic mass is 9.87. The van der Waals surface area contributed by atoms with E-state index in [1.807, 2.05) is 12.1 Å². The van der Waals surface area contributed by atoms with Crippen molar-refractivity contribution in [2.75, 3.05) is 5.32 Å². The summed E-state index contributed by atoms with van der Waals surface area (Å²) in [7, 11) is 0. The standard InChI is InChI=1S/C22H21F2NO2S/c1-22(2,3)15-6-4-14(5-7-15)13-27-19-10-11-28-20(19)21(26)25-16-8-9-17(23)18(24)12-16/h4-12H,13H2,1-3H3,(H,25,26). The molecule has 0 radical (unpaired) electrons. The Kier molecular flexibility index (Phi) is 5.79. The highest BCUT2D eigenvalue weighted by Crippen LogP contribution is 2.28. The molecule has 1 aromatic heterocycles. The van der Waals surface area contributed by atoms with Crippen molar-refractivity contribution in [2.24, 2.45) is 0 Å². The molecule has 1 N–H and O–H groups in total. The van der Waals surface area contributed by atoms with Gasteiger partial charge in [0.05, 0.1) is 0 Å². The van der Waals surface area contributed by atoms with E-state index in [4.69, 9.17) is 4.74 Å². The Morgan fingerprint density at radius 2 is 1.75 bits per heavy atom. The van der Waals surface area contributed by atoms with Crippen molar-refractivity contribution >= 4 is 22.9 Å². The number of hydrogen-bond acceptors (Lipinski definition) is 3. The lowest BCUT2D eigenvalue weighted by molar-refractivity contribution is 0.102. The summed E-state index contributed by atoms with van der Waals surface area (Å²) in [5.74, 6) is -1.96. The fourth-order valence-electron chi connectivity index (χ4n) is 2.60. The van der Waals surface area contributed by atoms with Crippen LogP contribution in [0.25, 0.3) is 0 Å². The fourth-order valence-corrected chi connectivity index (χ4v) is 3.33. The number of thiophene rings is 1. The summed E-state index contributed by atoms with van der Waals surface area (Å²) < 4.78 is 32.1. The maximum absolute atomic E-state index is 13.3. The van der Waals surface area contributed by atoms with Gasteiger partial charge >= 0.3 is 0 Å². The molecular weight excluding hydrogens is 380 g/mol. The van der Waals surface area contributed by atoms with Crippen LogP contribution in [0.2, 0.25) is 0 Å². The third-order valence-electron chi connectivity index (χ3n) is 4.23. The van der Waals surface area contributed by atoms with Crippen LogP contribution >= 0.6 is 11.3 Å². The summed E-state index contributed by atoms with van der Waals surface area (Å²) in [6.07, 6.45) is 0. The highest BCUT2D eigenvalue weighted by atomic mass is 32.1. The molecule has 0 atom stereocenters. The SMILES string of the molecule is CC(C)(C)c1ccc(COc2ccsc2C(=O)Nc2ccc(F)c(F)c2)cc1. The Labute approximate surface area is 167 Å². The van der Waals surface area contributed by atoms with Crippen LogP contribution in [0.15, 0.2) is 53.9 Å². The van der Waals surface area contributed by atoms with E-state index >= 15 is 0 Å². The number of halogens is 2. The zero-order valence-electron chi connectivity index (χ0n) is 15.9. The lowest BCUT2D eigenvalue weighted by Gasteiger charge is -2.19. The minimum absolute atomic E-state index is 0.0812.